The minimum absolute atomic E-state index is 0.144. The highest BCUT2D eigenvalue weighted by atomic mass is 16.5. The highest BCUT2D eigenvalue weighted by molar-refractivity contribution is 5.40. The van der Waals surface area contributed by atoms with Crippen LogP contribution in [0.3, 0.4) is 0 Å². The third-order valence-corrected chi connectivity index (χ3v) is 4.83. The topological polar surface area (TPSA) is 35.2 Å². The average Bonchev–Trinajstić information content (AvgIpc) is 2.39. The summed E-state index contributed by atoms with van der Waals surface area (Å²) in [5.74, 6) is 2.56. The summed E-state index contributed by atoms with van der Waals surface area (Å²) in [4.78, 5) is 0. The van der Waals surface area contributed by atoms with Crippen molar-refractivity contribution in [1.29, 1.82) is 0 Å². The Hall–Kier alpha value is -1.02. The standard InChI is InChI=1S/C17H25NO/c1-11-4-3-5-13(8-11)17-10-15(18)14-9-12(2)6-7-16(14)19-17/h6-7,9,11,13,15,17H,3-5,8,10,18H2,1-2H3/t11?,13?,15-,17?/m1/s1. The van der Waals surface area contributed by atoms with E-state index >= 15 is 0 Å². The lowest BCUT2D eigenvalue weighted by molar-refractivity contribution is 0.0665. The van der Waals surface area contributed by atoms with Crippen LogP contribution in [0.25, 0.3) is 0 Å². The van der Waals surface area contributed by atoms with Crippen LogP contribution in [0.5, 0.6) is 5.75 Å². The van der Waals surface area contributed by atoms with Crippen LogP contribution in [0.15, 0.2) is 18.2 Å². The summed E-state index contributed by atoms with van der Waals surface area (Å²) in [5.41, 5.74) is 8.83. The molecule has 1 heterocycles. The Labute approximate surface area is 116 Å². The number of benzene rings is 1. The largest absolute Gasteiger partial charge is 0.490 e. The van der Waals surface area contributed by atoms with Crippen molar-refractivity contribution < 1.29 is 4.74 Å². The Kier molecular flexibility index (Phi) is 3.53. The predicted molar refractivity (Wildman–Crippen MR) is 78.3 cm³/mol. The van der Waals surface area contributed by atoms with Crippen LogP contribution in [0, 0.1) is 18.8 Å². The average molecular weight is 259 g/mol. The summed E-state index contributed by atoms with van der Waals surface area (Å²) in [6, 6.07) is 6.55. The molecule has 0 bridgehead atoms. The van der Waals surface area contributed by atoms with Gasteiger partial charge in [0.25, 0.3) is 0 Å². The second kappa shape index (κ2) is 5.16. The molecule has 0 amide bonds. The Morgan fingerprint density at radius 1 is 1.21 bits per heavy atom. The molecule has 1 saturated carbocycles. The molecule has 1 aliphatic heterocycles. The molecule has 2 heteroatoms. The molecule has 0 spiro atoms. The minimum atomic E-state index is 0.144. The summed E-state index contributed by atoms with van der Waals surface area (Å²) >= 11 is 0. The monoisotopic (exact) mass is 259 g/mol. The summed E-state index contributed by atoms with van der Waals surface area (Å²) in [7, 11) is 0. The smallest absolute Gasteiger partial charge is 0.124 e. The van der Waals surface area contributed by atoms with Gasteiger partial charge in [-0.05, 0) is 37.7 Å². The summed E-state index contributed by atoms with van der Waals surface area (Å²) in [6.07, 6.45) is 6.65. The van der Waals surface area contributed by atoms with Crippen molar-refractivity contribution in [2.75, 3.05) is 0 Å². The quantitative estimate of drug-likeness (QED) is 0.828. The van der Waals surface area contributed by atoms with Gasteiger partial charge in [-0.1, -0.05) is 37.5 Å². The van der Waals surface area contributed by atoms with Crippen LogP contribution in [-0.4, -0.2) is 6.10 Å². The number of hydrogen-bond donors (Lipinski definition) is 1. The Balaban J connectivity index is 1.79. The summed E-state index contributed by atoms with van der Waals surface area (Å²) < 4.78 is 6.27. The third-order valence-electron chi connectivity index (χ3n) is 4.83. The Morgan fingerprint density at radius 3 is 2.84 bits per heavy atom. The van der Waals surface area contributed by atoms with Gasteiger partial charge in [0.2, 0.25) is 0 Å². The van der Waals surface area contributed by atoms with Gasteiger partial charge < -0.3 is 10.5 Å². The van der Waals surface area contributed by atoms with Crippen LogP contribution < -0.4 is 10.5 Å². The van der Waals surface area contributed by atoms with Gasteiger partial charge >= 0.3 is 0 Å². The molecule has 0 radical (unpaired) electrons. The first-order chi connectivity index (χ1) is 9.13. The van der Waals surface area contributed by atoms with Gasteiger partial charge in [0.15, 0.2) is 0 Å². The second-order valence-electron chi connectivity index (χ2n) is 6.57. The zero-order valence-corrected chi connectivity index (χ0v) is 12.1. The fourth-order valence-electron chi connectivity index (χ4n) is 3.76. The molecule has 0 saturated heterocycles. The lowest BCUT2D eigenvalue weighted by Crippen LogP contribution is -2.37. The van der Waals surface area contributed by atoms with E-state index in [4.69, 9.17) is 10.5 Å². The van der Waals surface area contributed by atoms with E-state index in [-0.39, 0.29) is 6.04 Å². The fourth-order valence-corrected chi connectivity index (χ4v) is 3.76. The van der Waals surface area contributed by atoms with Gasteiger partial charge in [-0.15, -0.1) is 0 Å². The van der Waals surface area contributed by atoms with Crippen molar-refractivity contribution >= 4 is 0 Å². The molecule has 2 N–H and O–H groups in total. The maximum Gasteiger partial charge on any atom is 0.124 e. The first-order valence-electron chi connectivity index (χ1n) is 7.66. The van der Waals surface area contributed by atoms with Crippen molar-refractivity contribution in [2.45, 2.75) is 58.1 Å². The van der Waals surface area contributed by atoms with Crippen molar-refractivity contribution in [1.82, 2.24) is 0 Å². The van der Waals surface area contributed by atoms with Crippen LogP contribution in [0.1, 0.15) is 56.2 Å². The van der Waals surface area contributed by atoms with E-state index in [0.717, 1.165) is 18.1 Å². The summed E-state index contributed by atoms with van der Waals surface area (Å²) in [6.45, 7) is 4.48. The summed E-state index contributed by atoms with van der Waals surface area (Å²) in [5, 5.41) is 0. The molecule has 104 valence electrons. The lowest BCUT2D eigenvalue weighted by Gasteiger charge is -2.38. The molecular formula is C17H25NO. The molecule has 1 fully saturated rings. The molecule has 3 rings (SSSR count). The number of hydrogen-bond acceptors (Lipinski definition) is 2. The second-order valence-corrected chi connectivity index (χ2v) is 6.57. The molecule has 1 aliphatic carbocycles. The Morgan fingerprint density at radius 2 is 2.05 bits per heavy atom. The van der Waals surface area contributed by atoms with Gasteiger partial charge in [-0.3, -0.25) is 0 Å². The molecule has 0 aromatic heterocycles. The van der Waals surface area contributed by atoms with E-state index in [9.17, 15) is 0 Å². The van der Waals surface area contributed by atoms with Crippen LogP contribution in [0.2, 0.25) is 0 Å². The van der Waals surface area contributed by atoms with Gasteiger partial charge in [-0.25, -0.2) is 0 Å². The van der Waals surface area contributed by atoms with E-state index in [1.54, 1.807) is 0 Å². The minimum Gasteiger partial charge on any atom is -0.490 e. The maximum atomic E-state index is 6.37. The highest BCUT2D eigenvalue weighted by Crippen LogP contribution is 2.40. The number of rotatable bonds is 1. The van der Waals surface area contributed by atoms with Gasteiger partial charge in [0.1, 0.15) is 11.9 Å². The van der Waals surface area contributed by atoms with Crippen molar-refractivity contribution in [3.8, 4) is 5.75 Å². The van der Waals surface area contributed by atoms with E-state index in [1.165, 1.54) is 36.8 Å². The Bertz CT molecular complexity index is 457. The van der Waals surface area contributed by atoms with E-state index < -0.39 is 0 Å². The van der Waals surface area contributed by atoms with Gasteiger partial charge in [0.05, 0.1) is 0 Å². The molecule has 2 nitrogen and oxygen atoms in total. The van der Waals surface area contributed by atoms with Crippen molar-refractivity contribution in [3.05, 3.63) is 29.3 Å². The zero-order valence-electron chi connectivity index (χ0n) is 12.1. The van der Waals surface area contributed by atoms with Gasteiger partial charge in [-0.2, -0.15) is 0 Å². The number of fused-ring (bicyclic) bond motifs is 1. The molecule has 3 unspecified atom stereocenters. The van der Waals surface area contributed by atoms with Crippen molar-refractivity contribution in [2.24, 2.45) is 17.6 Å². The van der Waals surface area contributed by atoms with Crippen LogP contribution in [0.4, 0.5) is 0 Å². The van der Waals surface area contributed by atoms with Crippen molar-refractivity contribution in [3.63, 3.8) is 0 Å². The van der Waals surface area contributed by atoms with Crippen LogP contribution >= 0.6 is 0 Å². The molecule has 1 aromatic carbocycles. The third kappa shape index (κ3) is 2.64. The molecular weight excluding hydrogens is 234 g/mol. The zero-order chi connectivity index (χ0) is 13.4. The lowest BCUT2D eigenvalue weighted by atomic mass is 9.77. The van der Waals surface area contributed by atoms with E-state index in [2.05, 4.69) is 32.0 Å². The highest BCUT2D eigenvalue weighted by Gasteiger charge is 2.33. The number of ether oxygens (including phenoxy) is 1. The molecule has 1 aromatic rings. The van der Waals surface area contributed by atoms with Crippen LogP contribution in [-0.2, 0) is 0 Å². The fraction of sp³-hybridized carbons (Fsp3) is 0.647. The molecule has 4 atom stereocenters. The SMILES string of the molecule is Cc1ccc2c(c1)[C@H](N)CC(C1CCCC(C)C1)O2. The number of aryl methyl sites for hydroxylation is 1. The maximum absolute atomic E-state index is 6.37. The van der Waals surface area contributed by atoms with E-state index in [0.29, 0.717) is 12.0 Å². The van der Waals surface area contributed by atoms with Gasteiger partial charge in [0, 0.05) is 18.0 Å². The predicted octanol–water partition coefficient (Wildman–Crippen LogP) is 3.97. The first-order valence-corrected chi connectivity index (χ1v) is 7.66. The normalized spacial score (nSPS) is 34.5. The molecule has 19 heavy (non-hydrogen) atoms. The molecule has 2 aliphatic rings. The van der Waals surface area contributed by atoms with E-state index in [1.807, 2.05) is 0 Å². The first kappa shape index (κ1) is 13.0. The number of nitrogens with two attached hydrogens (primary N) is 1.